The van der Waals surface area contributed by atoms with Crippen LogP contribution in [-0.4, -0.2) is 82.2 Å². The highest BCUT2D eigenvalue weighted by Crippen LogP contribution is 2.28. The number of benzene rings is 1. The van der Waals surface area contributed by atoms with Gasteiger partial charge in [-0.3, -0.25) is 8.37 Å². The van der Waals surface area contributed by atoms with Gasteiger partial charge < -0.3 is 18.9 Å². The van der Waals surface area contributed by atoms with E-state index in [4.69, 9.17) is 24.2 Å². The Kier molecular flexibility index (Phi) is 11.6. The van der Waals surface area contributed by atoms with Crippen LogP contribution in [0.3, 0.4) is 0 Å². The fourth-order valence-corrected chi connectivity index (χ4v) is 2.67. The summed E-state index contributed by atoms with van der Waals surface area (Å²) >= 11 is 0. The van der Waals surface area contributed by atoms with Gasteiger partial charge in [-0.2, -0.15) is 22.1 Å². The zero-order valence-electron chi connectivity index (χ0n) is 16.7. The smallest absolute Gasteiger partial charge is 0.264 e. The number of nitrogens with zero attached hydrogens (tertiary/aromatic N) is 1. The zero-order valence-corrected chi connectivity index (χ0v) is 18.4. The van der Waals surface area contributed by atoms with E-state index in [-0.39, 0.29) is 52.9 Å². The molecule has 0 bridgehead atoms. The van der Waals surface area contributed by atoms with Crippen LogP contribution in [0.4, 0.5) is 0 Å². The first kappa shape index (κ1) is 26.1. The molecule has 0 aliphatic rings. The maximum Gasteiger partial charge on any atom is 0.264 e. The molecular weight excluding hydrogens is 442 g/mol. The van der Waals surface area contributed by atoms with Crippen LogP contribution >= 0.6 is 0 Å². The molecule has 1 rings (SSSR count). The molecule has 1 aromatic rings. The van der Waals surface area contributed by atoms with Gasteiger partial charge in [0.15, 0.2) is 11.5 Å². The van der Waals surface area contributed by atoms with Crippen LogP contribution in [0.25, 0.3) is 0 Å². The molecule has 0 N–H and O–H groups in total. The highest BCUT2D eigenvalue weighted by atomic mass is 32.2. The van der Waals surface area contributed by atoms with E-state index < -0.39 is 20.2 Å². The fraction of sp³-hybridized carbons (Fsp3) is 0.588. The van der Waals surface area contributed by atoms with Crippen molar-refractivity contribution in [3.05, 3.63) is 23.8 Å². The van der Waals surface area contributed by atoms with Crippen LogP contribution in [0.5, 0.6) is 11.5 Å². The first-order valence-corrected chi connectivity index (χ1v) is 12.4. The lowest BCUT2D eigenvalue weighted by molar-refractivity contribution is 0.0714. The Hall–Kier alpha value is -1.95. The van der Waals surface area contributed by atoms with Gasteiger partial charge in [0.2, 0.25) is 0 Å². The SMILES string of the molecule is CS(=O)(=O)OCCOCCOc1ccc(C#N)cc1OCCOCCOS(C)(=O)=O. The number of hydrogen-bond donors (Lipinski definition) is 0. The summed E-state index contributed by atoms with van der Waals surface area (Å²) in [7, 11) is -6.99. The van der Waals surface area contributed by atoms with E-state index in [1.165, 1.54) is 6.07 Å². The lowest BCUT2D eigenvalue weighted by Crippen LogP contribution is -2.14. The van der Waals surface area contributed by atoms with Crippen molar-refractivity contribution in [1.82, 2.24) is 0 Å². The van der Waals surface area contributed by atoms with Crippen molar-refractivity contribution in [3.63, 3.8) is 0 Å². The van der Waals surface area contributed by atoms with Crippen molar-refractivity contribution in [2.24, 2.45) is 0 Å². The first-order chi connectivity index (χ1) is 14.1. The lowest BCUT2D eigenvalue weighted by atomic mass is 10.2. The van der Waals surface area contributed by atoms with E-state index in [1.54, 1.807) is 12.1 Å². The van der Waals surface area contributed by atoms with Gasteiger partial charge >= 0.3 is 0 Å². The first-order valence-electron chi connectivity index (χ1n) is 8.75. The van der Waals surface area contributed by atoms with E-state index >= 15 is 0 Å². The molecule has 0 saturated heterocycles. The Morgan fingerprint density at radius 2 is 1.20 bits per heavy atom. The molecule has 0 heterocycles. The number of ether oxygens (including phenoxy) is 4. The van der Waals surface area contributed by atoms with Gasteiger partial charge in [0.1, 0.15) is 13.2 Å². The third-order valence-electron chi connectivity index (χ3n) is 3.09. The zero-order chi connectivity index (χ0) is 22.5. The van der Waals surface area contributed by atoms with Gasteiger partial charge in [-0.25, -0.2) is 0 Å². The molecule has 170 valence electrons. The van der Waals surface area contributed by atoms with Crippen molar-refractivity contribution in [1.29, 1.82) is 5.26 Å². The topological polar surface area (TPSA) is 147 Å². The Morgan fingerprint density at radius 3 is 1.67 bits per heavy atom. The predicted octanol–water partition coefficient (Wildman–Crippen LogP) is 0.301. The monoisotopic (exact) mass is 467 g/mol. The van der Waals surface area contributed by atoms with Gasteiger partial charge in [0.05, 0.1) is 63.8 Å². The van der Waals surface area contributed by atoms with Crippen LogP contribution in [0.15, 0.2) is 18.2 Å². The summed E-state index contributed by atoms with van der Waals surface area (Å²) in [4.78, 5) is 0. The van der Waals surface area contributed by atoms with Crippen LogP contribution in [0.2, 0.25) is 0 Å². The summed E-state index contributed by atoms with van der Waals surface area (Å²) in [5.74, 6) is 0.732. The standard InChI is InChI=1S/C17H25NO10S2/c1-29(19,20)27-11-7-23-5-9-25-16-4-3-15(14-18)13-17(16)26-10-6-24-8-12-28-30(2,21)22/h3-4,13H,5-12H2,1-2H3. The molecule has 0 aromatic heterocycles. The van der Waals surface area contributed by atoms with Crippen LogP contribution in [0.1, 0.15) is 5.56 Å². The van der Waals surface area contributed by atoms with Gasteiger partial charge in [-0.1, -0.05) is 0 Å². The molecular formula is C17H25NO10S2. The second kappa shape index (κ2) is 13.4. The summed E-state index contributed by atoms with van der Waals surface area (Å²) < 4.78 is 73.9. The Labute approximate surface area is 176 Å². The quantitative estimate of drug-likeness (QED) is 0.244. The minimum atomic E-state index is -3.50. The van der Waals surface area contributed by atoms with Crippen molar-refractivity contribution in [2.45, 2.75) is 0 Å². The molecule has 0 atom stereocenters. The summed E-state index contributed by atoms with van der Waals surface area (Å²) in [5, 5.41) is 9.03. The molecule has 13 heteroatoms. The largest absolute Gasteiger partial charge is 0.487 e. The summed E-state index contributed by atoms with van der Waals surface area (Å²) in [6.07, 6.45) is 1.91. The molecule has 11 nitrogen and oxygen atoms in total. The molecule has 30 heavy (non-hydrogen) atoms. The van der Waals surface area contributed by atoms with Crippen LogP contribution in [0, 0.1) is 11.3 Å². The number of hydrogen-bond acceptors (Lipinski definition) is 11. The second-order valence-electron chi connectivity index (χ2n) is 5.75. The number of rotatable bonds is 16. The van der Waals surface area contributed by atoms with Gasteiger partial charge in [-0.05, 0) is 12.1 Å². The van der Waals surface area contributed by atoms with E-state index in [9.17, 15) is 16.8 Å². The molecule has 0 unspecified atom stereocenters. The highest BCUT2D eigenvalue weighted by molar-refractivity contribution is 7.86. The molecule has 0 saturated carbocycles. The third kappa shape index (κ3) is 13.3. The van der Waals surface area contributed by atoms with Crippen molar-refractivity contribution in [2.75, 3.05) is 65.4 Å². The summed E-state index contributed by atoms with van der Waals surface area (Å²) in [6.45, 7) is 0.671. The Balaban J connectivity index is 2.35. The third-order valence-corrected chi connectivity index (χ3v) is 4.28. The summed E-state index contributed by atoms with van der Waals surface area (Å²) in [5.41, 5.74) is 0.383. The van der Waals surface area contributed by atoms with E-state index in [0.29, 0.717) is 17.1 Å². The molecule has 0 spiro atoms. The van der Waals surface area contributed by atoms with Gasteiger partial charge in [0, 0.05) is 6.07 Å². The van der Waals surface area contributed by atoms with Gasteiger partial charge in [-0.15, -0.1) is 0 Å². The number of nitriles is 1. The minimum absolute atomic E-state index is 0.0818. The second-order valence-corrected chi connectivity index (χ2v) is 9.04. The van der Waals surface area contributed by atoms with E-state index in [0.717, 1.165) is 12.5 Å². The molecule has 0 aliphatic heterocycles. The average molecular weight is 468 g/mol. The Bertz CT molecular complexity index is 894. The predicted molar refractivity (Wildman–Crippen MR) is 105 cm³/mol. The fourth-order valence-electron chi connectivity index (χ4n) is 1.92. The minimum Gasteiger partial charge on any atom is -0.487 e. The van der Waals surface area contributed by atoms with E-state index in [1.807, 2.05) is 6.07 Å². The van der Waals surface area contributed by atoms with Crippen molar-refractivity contribution in [3.8, 4) is 17.6 Å². The van der Waals surface area contributed by atoms with Crippen LogP contribution in [-0.2, 0) is 38.1 Å². The maximum absolute atomic E-state index is 10.8. The van der Waals surface area contributed by atoms with Crippen LogP contribution < -0.4 is 9.47 Å². The van der Waals surface area contributed by atoms with E-state index in [2.05, 4.69) is 8.37 Å². The Morgan fingerprint density at radius 1 is 0.733 bits per heavy atom. The molecule has 0 fully saturated rings. The normalized spacial score (nSPS) is 11.8. The summed E-state index contributed by atoms with van der Waals surface area (Å²) in [6, 6.07) is 6.67. The molecule has 0 amide bonds. The highest BCUT2D eigenvalue weighted by Gasteiger charge is 2.08. The molecule has 0 radical (unpaired) electrons. The average Bonchev–Trinajstić information content (AvgIpc) is 2.65. The lowest BCUT2D eigenvalue weighted by Gasteiger charge is -2.13. The maximum atomic E-state index is 10.8. The van der Waals surface area contributed by atoms with Gasteiger partial charge in [0.25, 0.3) is 20.2 Å². The molecule has 0 aliphatic carbocycles. The molecule has 1 aromatic carbocycles. The van der Waals surface area contributed by atoms with Crippen molar-refractivity contribution < 1.29 is 44.1 Å². The van der Waals surface area contributed by atoms with Crippen molar-refractivity contribution >= 4 is 20.2 Å².